The number of anilines is 1. The number of aromatic nitrogens is 1. The van der Waals surface area contributed by atoms with E-state index in [-0.39, 0.29) is 19.2 Å². The van der Waals surface area contributed by atoms with Crippen LogP contribution < -0.4 is 4.90 Å². The van der Waals surface area contributed by atoms with Crippen LogP contribution in [-0.2, 0) is 19.7 Å². The summed E-state index contributed by atoms with van der Waals surface area (Å²) in [6.07, 6.45) is 0.500. The molecule has 1 saturated heterocycles. The molecular weight excluding hydrogens is 456 g/mol. The summed E-state index contributed by atoms with van der Waals surface area (Å²) in [7, 11) is -8.01. The van der Waals surface area contributed by atoms with Crippen LogP contribution in [0.15, 0.2) is 73.8 Å². The third-order valence-electron chi connectivity index (χ3n) is 5.18. The van der Waals surface area contributed by atoms with Crippen molar-refractivity contribution < 1.29 is 21.9 Å². The zero-order chi connectivity index (χ0) is 22.2. The first kappa shape index (κ1) is 21.9. The third-order valence-corrected chi connectivity index (χ3v) is 10.3. The largest absolute Gasteiger partial charge is 0.393 e. The Hall–Kier alpha value is -2.27. The number of hydrogen-bond acceptors (Lipinski definition) is 8. The molecule has 3 aromatic rings. The number of nitrogens with zero attached hydrogens (tertiary/aromatic N) is 2. The summed E-state index contributed by atoms with van der Waals surface area (Å²) in [5.74, 6) is 0. The molecule has 1 aromatic heterocycles. The number of hydrogen-bond donors (Lipinski definition) is 1. The second kappa shape index (κ2) is 8.34. The molecule has 7 nitrogen and oxygen atoms in total. The van der Waals surface area contributed by atoms with E-state index in [0.717, 1.165) is 16.9 Å². The van der Waals surface area contributed by atoms with Gasteiger partial charge in [-0.15, -0.1) is 0 Å². The fourth-order valence-electron chi connectivity index (χ4n) is 3.37. The molecule has 0 spiro atoms. The Bertz CT molecular complexity index is 1280. The third kappa shape index (κ3) is 4.25. The zero-order valence-electron chi connectivity index (χ0n) is 16.8. The van der Waals surface area contributed by atoms with Crippen molar-refractivity contribution in [2.75, 3.05) is 18.0 Å². The van der Waals surface area contributed by atoms with Gasteiger partial charge in [0.1, 0.15) is 5.00 Å². The van der Waals surface area contributed by atoms with E-state index in [1.54, 1.807) is 35.2 Å². The predicted molar refractivity (Wildman–Crippen MR) is 118 cm³/mol. The second-order valence-electron chi connectivity index (χ2n) is 7.44. The molecule has 0 bridgehead atoms. The first-order valence-electron chi connectivity index (χ1n) is 9.75. The maximum atomic E-state index is 13.4. The van der Waals surface area contributed by atoms with E-state index in [1.165, 1.54) is 24.3 Å². The molecule has 164 valence electrons. The quantitative estimate of drug-likeness (QED) is 0.601. The number of piperidine rings is 1. The average molecular weight is 479 g/mol. The van der Waals surface area contributed by atoms with Gasteiger partial charge >= 0.3 is 0 Å². The Morgan fingerprint density at radius 3 is 2.10 bits per heavy atom. The highest BCUT2D eigenvalue weighted by Crippen LogP contribution is 2.40. The molecule has 2 heterocycles. The van der Waals surface area contributed by atoms with Crippen LogP contribution in [0.4, 0.5) is 5.00 Å². The first-order valence-corrected chi connectivity index (χ1v) is 13.5. The van der Waals surface area contributed by atoms with Crippen LogP contribution in [0.25, 0.3) is 0 Å². The molecule has 1 N–H and O–H groups in total. The van der Waals surface area contributed by atoms with Crippen LogP contribution in [0.5, 0.6) is 0 Å². The molecule has 31 heavy (non-hydrogen) atoms. The maximum absolute atomic E-state index is 13.4. The van der Waals surface area contributed by atoms with Crippen LogP contribution in [0, 0.1) is 6.92 Å². The van der Waals surface area contributed by atoms with Crippen LogP contribution in [0.3, 0.4) is 0 Å². The van der Waals surface area contributed by atoms with Crippen LogP contribution in [0.1, 0.15) is 18.4 Å². The topological polar surface area (TPSA) is 105 Å². The van der Waals surface area contributed by atoms with E-state index in [4.69, 9.17) is 0 Å². The summed E-state index contributed by atoms with van der Waals surface area (Å²) in [6.45, 7) is 2.70. The van der Waals surface area contributed by atoms with E-state index >= 15 is 0 Å². The monoisotopic (exact) mass is 478 g/mol. The molecule has 0 radical (unpaired) electrons. The molecular formula is C21H22N2O5S3. The van der Waals surface area contributed by atoms with Crippen molar-refractivity contribution >= 4 is 36.0 Å². The zero-order valence-corrected chi connectivity index (χ0v) is 19.3. The minimum atomic E-state index is -4.04. The van der Waals surface area contributed by atoms with Gasteiger partial charge in [0.15, 0.2) is 5.03 Å². The van der Waals surface area contributed by atoms with Gasteiger partial charge in [-0.25, -0.2) is 21.8 Å². The van der Waals surface area contributed by atoms with Gasteiger partial charge < -0.3 is 10.0 Å². The number of sulfone groups is 2. The smallest absolute Gasteiger partial charge is 0.233 e. The minimum Gasteiger partial charge on any atom is -0.393 e. The highest BCUT2D eigenvalue weighted by atomic mass is 32.2. The predicted octanol–water partition coefficient (Wildman–Crippen LogP) is 3.08. The summed E-state index contributed by atoms with van der Waals surface area (Å²) in [5, 5.41) is 9.87. The highest BCUT2D eigenvalue weighted by molar-refractivity contribution is 7.94. The van der Waals surface area contributed by atoms with Gasteiger partial charge in [-0.2, -0.15) is 0 Å². The molecule has 0 saturated carbocycles. The van der Waals surface area contributed by atoms with Crippen molar-refractivity contribution in [3.05, 3.63) is 60.2 Å². The molecule has 0 amide bonds. The fraction of sp³-hybridized carbons (Fsp3) is 0.286. The van der Waals surface area contributed by atoms with Crippen molar-refractivity contribution in [2.45, 2.75) is 45.0 Å². The molecule has 1 aliphatic heterocycles. The Kier molecular flexibility index (Phi) is 5.91. The Labute approximate surface area is 185 Å². The fourth-order valence-corrected chi connectivity index (χ4v) is 7.87. The van der Waals surface area contributed by atoms with E-state index in [2.05, 4.69) is 4.98 Å². The van der Waals surface area contributed by atoms with Crippen molar-refractivity contribution in [3.63, 3.8) is 0 Å². The van der Waals surface area contributed by atoms with E-state index in [9.17, 15) is 21.9 Å². The van der Waals surface area contributed by atoms with Gasteiger partial charge in [-0.05, 0) is 44.0 Å². The lowest BCUT2D eigenvalue weighted by molar-refractivity contribution is 0.145. The minimum absolute atomic E-state index is 0.0589. The summed E-state index contributed by atoms with van der Waals surface area (Å²) in [6, 6.07) is 14.2. The number of rotatable bonds is 5. The number of benzene rings is 2. The second-order valence-corrected chi connectivity index (χ2v) is 12.4. The molecule has 4 rings (SSSR count). The average Bonchev–Trinajstić information content (AvgIpc) is 3.22. The van der Waals surface area contributed by atoms with Crippen molar-refractivity contribution in [2.24, 2.45) is 0 Å². The molecule has 1 fully saturated rings. The summed E-state index contributed by atoms with van der Waals surface area (Å²) in [5.41, 5.74) is 0.912. The van der Waals surface area contributed by atoms with Gasteiger partial charge in [0.05, 0.1) is 15.9 Å². The van der Waals surface area contributed by atoms with Crippen molar-refractivity contribution in [1.82, 2.24) is 4.98 Å². The van der Waals surface area contributed by atoms with Gasteiger partial charge in [0.25, 0.3) is 0 Å². The van der Waals surface area contributed by atoms with E-state index < -0.39 is 25.8 Å². The molecule has 1 aliphatic rings. The number of aryl methyl sites for hydroxylation is 1. The van der Waals surface area contributed by atoms with Gasteiger partial charge in [-0.3, -0.25) is 0 Å². The molecule has 0 aliphatic carbocycles. The molecule has 2 aromatic carbocycles. The number of aliphatic hydroxyl groups is 1. The Morgan fingerprint density at radius 1 is 0.903 bits per heavy atom. The van der Waals surface area contributed by atoms with Gasteiger partial charge in [0, 0.05) is 13.1 Å². The lowest BCUT2D eigenvalue weighted by Gasteiger charge is -2.30. The standard InChI is InChI=1S/C21H22N2O5S3/c1-15-7-9-18(10-8-15)30(25,26)19-20(23-13-11-16(24)12-14-23)29-21(22-19)31(27,28)17-5-3-2-4-6-17/h2-10,16,24H,11-14H2,1H3. The summed E-state index contributed by atoms with van der Waals surface area (Å²) < 4.78 is 52.9. The Balaban J connectivity index is 1.86. The van der Waals surface area contributed by atoms with E-state index in [0.29, 0.717) is 30.9 Å². The Morgan fingerprint density at radius 2 is 1.48 bits per heavy atom. The lowest BCUT2D eigenvalue weighted by Crippen LogP contribution is -2.36. The maximum Gasteiger partial charge on any atom is 0.233 e. The molecule has 0 unspecified atom stereocenters. The molecule has 10 heteroatoms. The molecule has 0 atom stereocenters. The van der Waals surface area contributed by atoms with Crippen LogP contribution in [0.2, 0.25) is 0 Å². The van der Waals surface area contributed by atoms with Gasteiger partial charge in [0.2, 0.25) is 24.0 Å². The van der Waals surface area contributed by atoms with Crippen LogP contribution in [-0.4, -0.2) is 46.1 Å². The highest BCUT2D eigenvalue weighted by Gasteiger charge is 2.34. The normalized spacial score (nSPS) is 15.9. The van der Waals surface area contributed by atoms with Crippen molar-refractivity contribution in [3.8, 4) is 0 Å². The van der Waals surface area contributed by atoms with Crippen LogP contribution >= 0.6 is 11.3 Å². The summed E-state index contributed by atoms with van der Waals surface area (Å²) in [4.78, 5) is 6.08. The van der Waals surface area contributed by atoms with E-state index in [1.807, 2.05) is 6.92 Å². The SMILES string of the molecule is Cc1ccc(S(=O)(=O)c2nc(S(=O)(=O)c3ccccc3)sc2N2CCC(O)CC2)cc1. The summed E-state index contributed by atoms with van der Waals surface area (Å²) >= 11 is 0.860. The number of aliphatic hydroxyl groups excluding tert-OH is 1. The lowest BCUT2D eigenvalue weighted by atomic mass is 10.1. The van der Waals surface area contributed by atoms with Crippen molar-refractivity contribution in [1.29, 1.82) is 0 Å². The van der Waals surface area contributed by atoms with Gasteiger partial charge in [-0.1, -0.05) is 47.2 Å². The first-order chi connectivity index (χ1) is 14.7. The number of thiazole rings is 1.